The molecule has 0 aliphatic carbocycles. The van der Waals surface area contributed by atoms with Crippen molar-refractivity contribution in [1.82, 2.24) is 0 Å². The predicted octanol–water partition coefficient (Wildman–Crippen LogP) is -0.263. The molecule has 0 saturated carbocycles. The molecule has 0 spiro atoms. The number of hydrogen-bond donors (Lipinski definition) is 2. The van der Waals surface area contributed by atoms with E-state index in [4.69, 9.17) is 9.59 Å². The van der Waals surface area contributed by atoms with Crippen molar-refractivity contribution in [2.75, 3.05) is 0 Å². The zero-order chi connectivity index (χ0) is 6.62. The molecule has 0 amide bonds. The normalized spacial score (nSPS) is 10.9. The molecule has 0 bridgehead atoms. The molecule has 6 heteroatoms. The van der Waals surface area contributed by atoms with E-state index in [-0.39, 0.29) is 0 Å². The van der Waals surface area contributed by atoms with Gasteiger partial charge in [-0.1, -0.05) is 6.58 Å². The SMILES string of the molecule is C=CO[Si](O)(O)OCl. The Balaban J connectivity index is 3.53. The van der Waals surface area contributed by atoms with E-state index >= 15 is 0 Å². The Kier molecular flexibility index (Phi) is 3.03. The maximum Gasteiger partial charge on any atom is 0.760 e. The minimum atomic E-state index is -4.03. The van der Waals surface area contributed by atoms with Gasteiger partial charge in [0.15, 0.2) is 0 Å². The molecule has 4 nitrogen and oxygen atoms in total. The van der Waals surface area contributed by atoms with Gasteiger partial charge in [0.1, 0.15) is 0 Å². The molecule has 0 fully saturated rings. The second-order valence-electron chi connectivity index (χ2n) is 0.910. The molecule has 0 radical (unpaired) electrons. The van der Waals surface area contributed by atoms with E-state index in [1.807, 2.05) is 0 Å². The summed E-state index contributed by atoms with van der Waals surface area (Å²) in [4.78, 5) is 16.7. The molecule has 48 valence electrons. The third kappa shape index (κ3) is 3.00. The average molecular weight is 157 g/mol. The van der Waals surface area contributed by atoms with E-state index in [1.54, 1.807) is 0 Å². The highest BCUT2D eigenvalue weighted by Crippen LogP contribution is 1.99. The second-order valence-corrected chi connectivity index (χ2v) is 2.86. The summed E-state index contributed by atoms with van der Waals surface area (Å²) in [6, 6.07) is 0. The molecule has 0 aromatic heterocycles. The molecule has 2 N–H and O–H groups in total. The van der Waals surface area contributed by atoms with Crippen LogP contribution in [-0.2, 0) is 8.40 Å². The van der Waals surface area contributed by atoms with E-state index in [2.05, 4.69) is 26.8 Å². The van der Waals surface area contributed by atoms with E-state index in [0.29, 0.717) is 0 Å². The number of hydrogen-bond acceptors (Lipinski definition) is 4. The van der Waals surface area contributed by atoms with Crippen molar-refractivity contribution in [2.45, 2.75) is 0 Å². The molecule has 8 heavy (non-hydrogen) atoms. The summed E-state index contributed by atoms with van der Waals surface area (Å²) >= 11 is 4.56. The van der Waals surface area contributed by atoms with Crippen molar-refractivity contribution in [3.63, 3.8) is 0 Å². The van der Waals surface area contributed by atoms with Crippen LogP contribution in [0.1, 0.15) is 0 Å². The van der Waals surface area contributed by atoms with Crippen LogP contribution in [0.25, 0.3) is 0 Å². The Morgan fingerprint density at radius 2 is 2.12 bits per heavy atom. The van der Waals surface area contributed by atoms with Crippen LogP contribution in [0.3, 0.4) is 0 Å². The molecule has 0 saturated heterocycles. The van der Waals surface area contributed by atoms with Crippen molar-refractivity contribution >= 4 is 20.9 Å². The molecule has 0 aromatic carbocycles. The van der Waals surface area contributed by atoms with Gasteiger partial charge in [-0.25, -0.2) is 3.98 Å². The van der Waals surface area contributed by atoms with Crippen LogP contribution >= 0.6 is 11.9 Å². The van der Waals surface area contributed by atoms with Gasteiger partial charge in [-0.05, 0) is 0 Å². The monoisotopic (exact) mass is 156 g/mol. The smallest absolute Gasteiger partial charge is 0.487 e. The average Bonchev–Trinajstić information content (AvgIpc) is 1.67. The Bertz CT molecular complexity index is 84.1. The minimum absolute atomic E-state index is 0.842. The zero-order valence-electron chi connectivity index (χ0n) is 3.87. The molecular formula is C2H5ClO4Si. The Morgan fingerprint density at radius 1 is 1.62 bits per heavy atom. The van der Waals surface area contributed by atoms with Gasteiger partial charge < -0.3 is 14.0 Å². The van der Waals surface area contributed by atoms with Crippen LogP contribution in [0.2, 0.25) is 0 Å². The Labute approximate surface area is 52.6 Å². The highest BCUT2D eigenvalue weighted by molar-refractivity contribution is 6.55. The number of rotatable bonds is 3. The fourth-order valence-corrected chi connectivity index (χ4v) is 0.489. The van der Waals surface area contributed by atoms with Crippen LogP contribution in [0.15, 0.2) is 12.8 Å². The first-order chi connectivity index (χ1) is 3.62. The Morgan fingerprint density at radius 3 is 2.25 bits per heavy atom. The van der Waals surface area contributed by atoms with Gasteiger partial charge >= 0.3 is 9.05 Å². The fraction of sp³-hybridized carbons (Fsp3) is 0. The quantitative estimate of drug-likeness (QED) is 0.437. The lowest BCUT2D eigenvalue weighted by atomic mass is 11.2. The first kappa shape index (κ1) is 7.93. The van der Waals surface area contributed by atoms with Crippen LogP contribution in [0.5, 0.6) is 0 Å². The van der Waals surface area contributed by atoms with Gasteiger partial charge in [0.05, 0.1) is 18.1 Å². The van der Waals surface area contributed by atoms with Crippen LogP contribution in [-0.4, -0.2) is 18.6 Å². The first-order valence-electron chi connectivity index (χ1n) is 1.65. The molecule has 0 atom stereocenters. The summed E-state index contributed by atoms with van der Waals surface area (Å²) in [7, 11) is -4.03. The standard InChI is InChI=1S/C2H5ClO4Si/c1-2-6-8(4,5)7-3/h2,4-5H,1H2. The van der Waals surface area contributed by atoms with E-state index in [1.165, 1.54) is 0 Å². The largest absolute Gasteiger partial charge is 0.760 e. The maximum atomic E-state index is 8.37. The van der Waals surface area contributed by atoms with Gasteiger partial charge in [-0.3, -0.25) is 0 Å². The summed E-state index contributed by atoms with van der Waals surface area (Å²) in [5, 5.41) is 0. The van der Waals surface area contributed by atoms with Crippen molar-refractivity contribution in [3.8, 4) is 0 Å². The van der Waals surface area contributed by atoms with Crippen LogP contribution < -0.4 is 0 Å². The van der Waals surface area contributed by atoms with Gasteiger partial charge in [0.2, 0.25) is 0 Å². The summed E-state index contributed by atoms with van der Waals surface area (Å²) in [5.41, 5.74) is 0. The van der Waals surface area contributed by atoms with Gasteiger partial charge in [0.25, 0.3) is 0 Å². The first-order valence-corrected chi connectivity index (χ1v) is 3.67. The third-order valence-corrected chi connectivity index (χ3v) is 1.62. The molecule has 0 aliphatic rings. The van der Waals surface area contributed by atoms with Crippen LogP contribution in [0.4, 0.5) is 0 Å². The van der Waals surface area contributed by atoms with E-state index in [0.717, 1.165) is 6.26 Å². The summed E-state index contributed by atoms with van der Waals surface area (Å²) in [5.74, 6) is 0. The minimum Gasteiger partial charge on any atom is -0.487 e. The van der Waals surface area contributed by atoms with Crippen LogP contribution in [0, 0.1) is 0 Å². The molecule has 0 unspecified atom stereocenters. The highest BCUT2D eigenvalue weighted by atomic mass is 35.5. The summed E-state index contributed by atoms with van der Waals surface area (Å²) < 4.78 is 7.64. The molecule has 0 aromatic rings. The van der Waals surface area contributed by atoms with Crippen molar-refractivity contribution in [2.24, 2.45) is 0 Å². The molecule has 0 aliphatic heterocycles. The Hall–Kier alpha value is -0.0731. The maximum absolute atomic E-state index is 8.37. The third-order valence-electron chi connectivity index (χ3n) is 0.337. The van der Waals surface area contributed by atoms with Gasteiger partial charge in [-0.15, -0.1) is 0 Å². The fourth-order valence-electron chi connectivity index (χ4n) is 0.127. The molecular weight excluding hydrogens is 152 g/mol. The van der Waals surface area contributed by atoms with Crippen molar-refractivity contribution in [1.29, 1.82) is 0 Å². The van der Waals surface area contributed by atoms with Gasteiger partial charge in [0, 0.05) is 0 Å². The summed E-state index contributed by atoms with van der Waals surface area (Å²) in [6.07, 6.45) is 0.842. The highest BCUT2D eigenvalue weighted by Gasteiger charge is 2.37. The topological polar surface area (TPSA) is 58.9 Å². The zero-order valence-corrected chi connectivity index (χ0v) is 5.63. The molecule has 0 rings (SSSR count). The van der Waals surface area contributed by atoms with Crippen molar-refractivity contribution in [3.05, 3.63) is 12.8 Å². The van der Waals surface area contributed by atoms with E-state index in [9.17, 15) is 0 Å². The van der Waals surface area contributed by atoms with Gasteiger partial charge in [-0.2, -0.15) is 0 Å². The number of halogens is 1. The van der Waals surface area contributed by atoms with Crippen molar-refractivity contribution < 1.29 is 18.0 Å². The lowest BCUT2D eigenvalue weighted by molar-refractivity contribution is 0.123. The predicted molar refractivity (Wildman–Crippen MR) is 28.4 cm³/mol. The summed E-state index contributed by atoms with van der Waals surface area (Å²) in [6.45, 7) is 3.05. The lowest BCUT2D eigenvalue weighted by Crippen LogP contribution is -2.37. The van der Waals surface area contributed by atoms with E-state index < -0.39 is 9.05 Å². The molecule has 0 heterocycles. The second kappa shape index (κ2) is 3.05. The lowest BCUT2D eigenvalue weighted by Gasteiger charge is -2.07.